The van der Waals surface area contributed by atoms with Gasteiger partial charge in [0.05, 0.1) is 17.7 Å². The number of non-ortho nitro benzene ring substituents is 1. The minimum atomic E-state index is -0.485. The molecule has 122 valence electrons. The quantitative estimate of drug-likeness (QED) is 0.406. The summed E-state index contributed by atoms with van der Waals surface area (Å²) in [5.74, 6) is 0.977. The lowest BCUT2D eigenvalue weighted by Crippen LogP contribution is -1.89. The molecular weight excluding hydrogens is 310 g/mol. The van der Waals surface area contributed by atoms with Crippen molar-refractivity contribution in [3.05, 3.63) is 57.9 Å². The number of azo groups is 1. The van der Waals surface area contributed by atoms with Crippen molar-refractivity contribution in [2.45, 2.75) is 13.8 Å². The van der Waals surface area contributed by atoms with Crippen molar-refractivity contribution < 1.29 is 9.66 Å². The predicted octanol–water partition coefficient (Wildman–Crippen LogP) is 4.28. The summed E-state index contributed by atoms with van der Waals surface area (Å²) in [5, 5.41) is 19.3. The standard InChI is InChI=1S/C16H15N5O3/c1-10-6-7-20-15(8-10)17-11(2)16(20)19-18-13-9-12(21(22)23)4-5-14(13)24-3/h4-9H,1-3H3. The molecule has 0 unspecified atom stereocenters. The summed E-state index contributed by atoms with van der Waals surface area (Å²) in [4.78, 5) is 14.9. The summed E-state index contributed by atoms with van der Waals surface area (Å²) < 4.78 is 7.00. The van der Waals surface area contributed by atoms with Gasteiger partial charge in [-0.05, 0) is 37.6 Å². The van der Waals surface area contributed by atoms with Crippen molar-refractivity contribution in [1.29, 1.82) is 0 Å². The molecule has 0 amide bonds. The number of methoxy groups -OCH3 is 1. The Morgan fingerprint density at radius 1 is 1.21 bits per heavy atom. The van der Waals surface area contributed by atoms with Crippen molar-refractivity contribution in [3.8, 4) is 5.75 Å². The maximum atomic E-state index is 10.9. The number of fused-ring (bicyclic) bond motifs is 1. The van der Waals surface area contributed by atoms with Crippen LogP contribution in [0.15, 0.2) is 46.8 Å². The molecule has 3 rings (SSSR count). The molecule has 0 aliphatic rings. The molecule has 0 N–H and O–H groups in total. The van der Waals surface area contributed by atoms with E-state index < -0.39 is 4.92 Å². The Kier molecular flexibility index (Phi) is 3.95. The topological polar surface area (TPSA) is 94.4 Å². The number of imidazole rings is 1. The highest BCUT2D eigenvalue weighted by Gasteiger charge is 2.12. The van der Waals surface area contributed by atoms with Crippen LogP contribution in [0, 0.1) is 24.0 Å². The molecule has 1 aromatic carbocycles. The molecule has 0 aliphatic heterocycles. The number of aryl methyl sites for hydroxylation is 2. The molecular formula is C16H15N5O3. The highest BCUT2D eigenvalue weighted by molar-refractivity contribution is 5.58. The summed E-state index contributed by atoms with van der Waals surface area (Å²) in [5.41, 5.74) is 2.79. The van der Waals surface area contributed by atoms with Crippen molar-refractivity contribution in [2.75, 3.05) is 7.11 Å². The van der Waals surface area contributed by atoms with Crippen LogP contribution in [-0.2, 0) is 0 Å². The van der Waals surface area contributed by atoms with Crippen LogP contribution in [0.2, 0.25) is 0 Å². The number of rotatable bonds is 4. The third-order valence-electron chi connectivity index (χ3n) is 3.55. The zero-order valence-electron chi connectivity index (χ0n) is 13.4. The number of nitrogens with zero attached hydrogens (tertiary/aromatic N) is 5. The van der Waals surface area contributed by atoms with Crippen molar-refractivity contribution >= 4 is 22.8 Å². The first-order chi connectivity index (χ1) is 11.5. The monoisotopic (exact) mass is 325 g/mol. The largest absolute Gasteiger partial charge is 0.494 e. The predicted molar refractivity (Wildman–Crippen MR) is 88.5 cm³/mol. The Morgan fingerprint density at radius 3 is 2.71 bits per heavy atom. The summed E-state index contributed by atoms with van der Waals surface area (Å²) in [6.07, 6.45) is 1.86. The number of hydrogen-bond acceptors (Lipinski definition) is 6. The van der Waals surface area contributed by atoms with Gasteiger partial charge in [0.15, 0.2) is 5.82 Å². The SMILES string of the molecule is COc1ccc([N+](=O)[O-])cc1N=Nc1c(C)nc2cc(C)ccn12. The fourth-order valence-electron chi connectivity index (χ4n) is 2.34. The second-order valence-corrected chi connectivity index (χ2v) is 5.27. The van der Waals surface area contributed by atoms with Crippen LogP contribution in [0.25, 0.3) is 5.65 Å². The van der Waals surface area contributed by atoms with Gasteiger partial charge < -0.3 is 4.74 Å². The van der Waals surface area contributed by atoms with Gasteiger partial charge in [0.25, 0.3) is 5.69 Å². The van der Waals surface area contributed by atoms with Crippen LogP contribution in [-0.4, -0.2) is 21.4 Å². The van der Waals surface area contributed by atoms with Crippen LogP contribution in [0.4, 0.5) is 17.2 Å². The summed E-state index contributed by atoms with van der Waals surface area (Å²) in [7, 11) is 1.47. The smallest absolute Gasteiger partial charge is 0.271 e. The molecule has 0 atom stereocenters. The zero-order valence-corrected chi connectivity index (χ0v) is 13.4. The summed E-state index contributed by atoms with van der Waals surface area (Å²) >= 11 is 0. The van der Waals surface area contributed by atoms with Crippen LogP contribution in [0.5, 0.6) is 5.75 Å². The Bertz CT molecular complexity index is 962. The van der Waals surface area contributed by atoms with E-state index in [9.17, 15) is 10.1 Å². The second kappa shape index (κ2) is 6.07. The summed E-state index contributed by atoms with van der Waals surface area (Å²) in [6, 6.07) is 8.07. The van der Waals surface area contributed by atoms with Gasteiger partial charge in [-0.2, -0.15) is 0 Å². The molecule has 3 aromatic rings. The van der Waals surface area contributed by atoms with E-state index in [2.05, 4.69) is 15.2 Å². The molecule has 0 spiro atoms. The van der Waals surface area contributed by atoms with Gasteiger partial charge in [-0.25, -0.2) is 4.98 Å². The fraction of sp³-hybridized carbons (Fsp3) is 0.188. The van der Waals surface area contributed by atoms with Crippen LogP contribution in [0.3, 0.4) is 0 Å². The van der Waals surface area contributed by atoms with E-state index in [0.29, 0.717) is 17.3 Å². The number of pyridine rings is 1. The van der Waals surface area contributed by atoms with Gasteiger partial charge in [-0.1, -0.05) is 0 Å². The van der Waals surface area contributed by atoms with Gasteiger partial charge in [0, 0.05) is 18.3 Å². The number of ether oxygens (including phenoxy) is 1. The number of hydrogen-bond donors (Lipinski definition) is 0. The van der Waals surface area contributed by atoms with Crippen molar-refractivity contribution in [3.63, 3.8) is 0 Å². The van der Waals surface area contributed by atoms with Crippen LogP contribution >= 0.6 is 0 Å². The number of benzene rings is 1. The fourth-order valence-corrected chi connectivity index (χ4v) is 2.34. The second-order valence-electron chi connectivity index (χ2n) is 5.27. The third-order valence-corrected chi connectivity index (χ3v) is 3.55. The molecule has 8 heteroatoms. The molecule has 2 heterocycles. The first-order valence-electron chi connectivity index (χ1n) is 7.19. The average molecular weight is 325 g/mol. The molecule has 2 aromatic heterocycles. The van der Waals surface area contributed by atoms with Gasteiger partial charge in [-0.3, -0.25) is 14.5 Å². The van der Waals surface area contributed by atoms with Gasteiger partial charge >= 0.3 is 0 Å². The Hall–Kier alpha value is -3.29. The highest BCUT2D eigenvalue weighted by atomic mass is 16.6. The van der Waals surface area contributed by atoms with E-state index in [4.69, 9.17) is 4.74 Å². The molecule has 0 saturated carbocycles. The van der Waals surface area contributed by atoms with Gasteiger partial charge in [0.2, 0.25) is 0 Å². The molecule has 0 bridgehead atoms. The lowest BCUT2D eigenvalue weighted by Gasteiger charge is -2.03. The zero-order chi connectivity index (χ0) is 17.3. The molecule has 8 nitrogen and oxygen atoms in total. The summed E-state index contributed by atoms with van der Waals surface area (Å²) in [6.45, 7) is 3.82. The molecule has 0 radical (unpaired) electrons. The third kappa shape index (κ3) is 2.81. The average Bonchev–Trinajstić information content (AvgIpc) is 2.86. The van der Waals surface area contributed by atoms with Crippen molar-refractivity contribution in [1.82, 2.24) is 9.38 Å². The van der Waals surface area contributed by atoms with Gasteiger partial charge in [0.1, 0.15) is 17.1 Å². The normalized spacial score (nSPS) is 11.3. The highest BCUT2D eigenvalue weighted by Crippen LogP contribution is 2.33. The molecule has 0 aliphatic carbocycles. The maximum Gasteiger partial charge on any atom is 0.271 e. The van der Waals surface area contributed by atoms with E-state index in [-0.39, 0.29) is 11.4 Å². The van der Waals surface area contributed by atoms with Crippen LogP contribution in [0.1, 0.15) is 11.3 Å². The van der Waals surface area contributed by atoms with E-state index in [1.54, 1.807) is 0 Å². The molecule has 0 fully saturated rings. The van der Waals surface area contributed by atoms with E-state index in [1.165, 1.54) is 25.3 Å². The number of nitro groups is 1. The minimum Gasteiger partial charge on any atom is -0.494 e. The number of aromatic nitrogens is 2. The van der Waals surface area contributed by atoms with Crippen LogP contribution < -0.4 is 4.74 Å². The van der Waals surface area contributed by atoms with Gasteiger partial charge in [-0.15, -0.1) is 10.2 Å². The van der Waals surface area contributed by atoms with E-state index in [1.807, 2.05) is 36.6 Å². The first kappa shape index (κ1) is 15.6. The Morgan fingerprint density at radius 2 is 2.00 bits per heavy atom. The lowest BCUT2D eigenvalue weighted by molar-refractivity contribution is -0.384. The molecule has 0 saturated heterocycles. The Balaban J connectivity index is 2.07. The number of nitro benzene ring substituents is 1. The maximum absolute atomic E-state index is 10.9. The van der Waals surface area contributed by atoms with E-state index in [0.717, 1.165) is 11.2 Å². The Labute approximate surface area is 137 Å². The van der Waals surface area contributed by atoms with Crippen molar-refractivity contribution in [2.24, 2.45) is 10.2 Å². The lowest BCUT2D eigenvalue weighted by atomic mass is 10.2. The minimum absolute atomic E-state index is 0.0739. The molecule has 24 heavy (non-hydrogen) atoms. The first-order valence-corrected chi connectivity index (χ1v) is 7.19. The van der Waals surface area contributed by atoms with E-state index >= 15 is 0 Å².